The Morgan fingerprint density at radius 1 is 1.55 bits per heavy atom. The van der Waals surface area contributed by atoms with Gasteiger partial charge in [-0.3, -0.25) is 0 Å². The number of nitrogens with zero attached hydrogens (tertiary/aromatic N) is 1. The van der Waals surface area contributed by atoms with Crippen LogP contribution in [0.15, 0.2) is 12.1 Å². The molecule has 1 aromatic heterocycles. The van der Waals surface area contributed by atoms with Crippen LogP contribution in [0.3, 0.4) is 0 Å². The van der Waals surface area contributed by atoms with Gasteiger partial charge in [-0.05, 0) is 19.1 Å². The average molecular weight is 171 g/mol. The van der Waals surface area contributed by atoms with Gasteiger partial charge in [0.15, 0.2) is 5.06 Å². The topological polar surface area (TPSA) is 12.5 Å². The van der Waals surface area contributed by atoms with E-state index in [2.05, 4.69) is 24.9 Å². The predicted molar refractivity (Wildman–Crippen MR) is 49.8 cm³/mol. The highest BCUT2D eigenvalue weighted by Crippen LogP contribution is 2.30. The van der Waals surface area contributed by atoms with E-state index in [0.29, 0.717) is 0 Å². The molecule has 1 aromatic rings. The molecule has 0 radical (unpaired) electrons. The summed E-state index contributed by atoms with van der Waals surface area (Å²) in [5, 5.41) is 2.23. The maximum Gasteiger partial charge on any atom is 0.175 e. The summed E-state index contributed by atoms with van der Waals surface area (Å²) in [4.78, 5) is 2.19. The molecular weight excluding hydrogens is 158 g/mol. The molecule has 0 bridgehead atoms. The second-order valence-electron chi connectivity index (χ2n) is 2.31. The molecule has 2 nitrogen and oxygen atoms in total. The van der Waals surface area contributed by atoms with Gasteiger partial charge in [-0.2, -0.15) is 0 Å². The number of anilines is 1. The number of hydrogen-bond acceptors (Lipinski definition) is 3. The van der Waals surface area contributed by atoms with Crippen LogP contribution < -0.4 is 9.64 Å². The largest absolute Gasteiger partial charge is 0.487 e. The Bertz CT molecular complexity index is 222. The Balaban J connectivity index is 2.71. The Morgan fingerprint density at radius 2 is 2.27 bits per heavy atom. The normalized spacial score (nSPS) is 9.73. The summed E-state index contributed by atoms with van der Waals surface area (Å²) in [5.74, 6) is 0. The van der Waals surface area contributed by atoms with Gasteiger partial charge in [0.05, 0.1) is 12.1 Å². The lowest BCUT2D eigenvalue weighted by Gasteiger charge is -2.12. The first-order chi connectivity index (χ1) is 5.27. The van der Waals surface area contributed by atoms with Crippen LogP contribution in [0.4, 0.5) is 5.00 Å². The van der Waals surface area contributed by atoms with Crippen molar-refractivity contribution in [2.75, 3.05) is 25.6 Å². The smallest absolute Gasteiger partial charge is 0.175 e. The van der Waals surface area contributed by atoms with Crippen molar-refractivity contribution in [1.82, 2.24) is 0 Å². The van der Waals surface area contributed by atoms with Crippen LogP contribution in [-0.2, 0) is 0 Å². The number of hydrogen-bond donors (Lipinski definition) is 0. The predicted octanol–water partition coefficient (Wildman–Crippen LogP) is 2.21. The molecule has 11 heavy (non-hydrogen) atoms. The highest BCUT2D eigenvalue weighted by Gasteiger charge is 2.01. The lowest BCUT2D eigenvalue weighted by Crippen LogP contribution is -2.13. The summed E-state index contributed by atoms with van der Waals surface area (Å²) in [6, 6.07) is 4.07. The third kappa shape index (κ3) is 1.87. The highest BCUT2D eigenvalue weighted by atomic mass is 32.1. The maximum atomic E-state index is 5.08. The zero-order chi connectivity index (χ0) is 8.27. The van der Waals surface area contributed by atoms with Crippen LogP contribution in [0.25, 0.3) is 0 Å². The molecular formula is C8H13NOS. The molecule has 0 aliphatic heterocycles. The minimum absolute atomic E-state index is 0.973. The molecule has 0 saturated carbocycles. The van der Waals surface area contributed by atoms with Gasteiger partial charge in [0.1, 0.15) is 0 Å². The zero-order valence-electron chi connectivity index (χ0n) is 7.13. The van der Waals surface area contributed by atoms with Gasteiger partial charge in [0.25, 0.3) is 0 Å². The first-order valence-corrected chi connectivity index (χ1v) is 4.44. The van der Waals surface area contributed by atoms with Crippen molar-refractivity contribution >= 4 is 16.3 Å². The monoisotopic (exact) mass is 171 g/mol. The molecule has 62 valence electrons. The van der Waals surface area contributed by atoms with Gasteiger partial charge in [-0.1, -0.05) is 11.3 Å². The molecule has 0 saturated heterocycles. The van der Waals surface area contributed by atoms with Crippen molar-refractivity contribution in [1.29, 1.82) is 0 Å². The second-order valence-corrected chi connectivity index (χ2v) is 3.34. The Kier molecular flexibility index (Phi) is 2.76. The maximum absolute atomic E-state index is 5.08. The van der Waals surface area contributed by atoms with Crippen molar-refractivity contribution < 1.29 is 4.74 Å². The van der Waals surface area contributed by atoms with Gasteiger partial charge in [0, 0.05) is 13.6 Å². The third-order valence-corrected chi connectivity index (χ3v) is 2.78. The molecule has 0 aromatic carbocycles. The molecule has 0 unspecified atom stereocenters. The fourth-order valence-electron chi connectivity index (χ4n) is 0.781. The van der Waals surface area contributed by atoms with E-state index in [1.807, 2.05) is 6.07 Å². The van der Waals surface area contributed by atoms with Crippen LogP contribution in [0, 0.1) is 0 Å². The molecule has 0 aliphatic rings. The lowest BCUT2D eigenvalue weighted by atomic mass is 10.5. The molecule has 3 heteroatoms. The van der Waals surface area contributed by atoms with Crippen molar-refractivity contribution in [3.05, 3.63) is 12.1 Å². The lowest BCUT2D eigenvalue weighted by molar-refractivity contribution is 0.427. The molecule has 0 fully saturated rings. The summed E-state index contributed by atoms with van der Waals surface area (Å²) < 4.78 is 5.08. The molecule has 0 N–H and O–H groups in total. The van der Waals surface area contributed by atoms with Gasteiger partial charge in [0.2, 0.25) is 0 Å². The SMILES string of the molecule is CCN(C)c1ccc(OC)s1. The second kappa shape index (κ2) is 3.62. The summed E-state index contributed by atoms with van der Waals surface area (Å²) in [5.41, 5.74) is 0. The van der Waals surface area contributed by atoms with E-state index in [-0.39, 0.29) is 0 Å². The fraction of sp³-hybridized carbons (Fsp3) is 0.500. The van der Waals surface area contributed by atoms with E-state index in [1.54, 1.807) is 18.4 Å². The highest BCUT2D eigenvalue weighted by molar-refractivity contribution is 7.17. The zero-order valence-corrected chi connectivity index (χ0v) is 7.94. The van der Waals surface area contributed by atoms with Crippen molar-refractivity contribution in [2.24, 2.45) is 0 Å². The minimum atomic E-state index is 0.973. The van der Waals surface area contributed by atoms with Crippen LogP contribution in [0.5, 0.6) is 5.06 Å². The van der Waals surface area contributed by atoms with Crippen LogP contribution in [-0.4, -0.2) is 20.7 Å². The number of methoxy groups -OCH3 is 1. The third-order valence-electron chi connectivity index (χ3n) is 1.62. The summed E-state index contributed by atoms with van der Waals surface area (Å²) >= 11 is 1.67. The van der Waals surface area contributed by atoms with E-state index in [4.69, 9.17) is 4.74 Å². The molecule has 0 spiro atoms. The number of ether oxygens (including phenoxy) is 1. The van der Waals surface area contributed by atoms with Gasteiger partial charge < -0.3 is 9.64 Å². The van der Waals surface area contributed by atoms with Crippen molar-refractivity contribution in [2.45, 2.75) is 6.92 Å². The van der Waals surface area contributed by atoms with Gasteiger partial charge >= 0.3 is 0 Å². The van der Waals surface area contributed by atoms with Crippen LogP contribution in [0.1, 0.15) is 6.92 Å². The number of thiophene rings is 1. The van der Waals surface area contributed by atoms with Gasteiger partial charge in [-0.15, -0.1) is 0 Å². The van der Waals surface area contributed by atoms with Crippen molar-refractivity contribution in [3.63, 3.8) is 0 Å². The van der Waals surface area contributed by atoms with E-state index in [9.17, 15) is 0 Å². The fourth-order valence-corrected chi connectivity index (χ4v) is 1.63. The van der Waals surface area contributed by atoms with E-state index >= 15 is 0 Å². The quantitative estimate of drug-likeness (QED) is 0.691. The summed E-state index contributed by atoms with van der Waals surface area (Å²) in [6.45, 7) is 3.16. The van der Waals surface area contributed by atoms with Crippen LogP contribution in [0.2, 0.25) is 0 Å². The van der Waals surface area contributed by atoms with Crippen LogP contribution >= 0.6 is 11.3 Å². The molecule has 0 aliphatic carbocycles. The van der Waals surface area contributed by atoms with Crippen molar-refractivity contribution in [3.8, 4) is 5.06 Å². The first kappa shape index (κ1) is 8.40. The summed E-state index contributed by atoms with van der Waals surface area (Å²) in [6.07, 6.45) is 0. The Morgan fingerprint density at radius 3 is 2.73 bits per heavy atom. The standard InChI is InChI=1S/C8H13NOS/c1-4-9(2)7-5-6-8(10-3)11-7/h5-6H,4H2,1-3H3. The Hall–Kier alpha value is -0.700. The van der Waals surface area contributed by atoms with E-state index < -0.39 is 0 Å². The average Bonchev–Trinajstić information content (AvgIpc) is 2.50. The Labute approximate surface area is 71.4 Å². The summed E-state index contributed by atoms with van der Waals surface area (Å²) in [7, 11) is 3.77. The first-order valence-electron chi connectivity index (χ1n) is 3.63. The minimum Gasteiger partial charge on any atom is -0.487 e. The van der Waals surface area contributed by atoms with Gasteiger partial charge in [-0.25, -0.2) is 0 Å². The van der Waals surface area contributed by atoms with E-state index in [1.165, 1.54) is 5.00 Å². The molecule has 0 amide bonds. The van der Waals surface area contributed by atoms with E-state index in [0.717, 1.165) is 11.6 Å². The molecule has 1 rings (SSSR count). The molecule has 1 heterocycles. The molecule has 0 atom stereocenters. The number of rotatable bonds is 3.